The summed E-state index contributed by atoms with van der Waals surface area (Å²) in [6.07, 6.45) is 80.4. The minimum atomic E-state index is -4.25. The molecular formula is C132H206F3NO6. The minimum Gasteiger partial charge on any atom is -0.472 e. The molecule has 142 heavy (non-hydrogen) atoms. The zero-order valence-corrected chi connectivity index (χ0v) is 95.0. The van der Waals surface area contributed by atoms with Crippen LogP contribution in [0.4, 0.5) is 13.2 Å². The van der Waals surface area contributed by atoms with E-state index in [0.717, 1.165) is 106 Å². The molecule has 10 heteroatoms. The van der Waals surface area contributed by atoms with Crippen molar-refractivity contribution in [2.75, 3.05) is 53.2 Å². The van der Waals surface area contributed by atoms with Crippen molar-refractivity contribution >= 4 is 35.8 Å². The standard InChI is InChI=1S/C12H13F3.C12H21NO.C12H22O.2C12H16.C11H20.C11H18.C11H14.3C10H18O.C9H12O/c1-9(2)3-4-10-5-7-11(8-6-10)12(13,14)15;1-10(2)4-5-12-6-8-13(9-7-12)11(3)14;1-10(2)4-5-11-6-8-12(13-3)9-7-11;1-10(2)11(3)9-12-7-5-4-6-8-12;1-10(2)9-11(3)12-7-5-4-6-8-12;3*1-10(2)8-9-11-6-4-3-5-7-11;1-9(2)3-4-10-5-7-11-8-6-10;1-9(2)5-6-10-4-3-7-11-8-10;1-9(2)6-7-10-5-3-4-8-11-10;1-8(2)3-4-9-5-6-10-7-9/h3-9H,1-2H3;4-5,10,12H,6-9H2,1-3H3;4-5,10-12H,6-9H2,1-3H3;2*4-10H,1-3H3;8-11H,3-7H2,1-2H3;6,8-10H,3-5,7H2,1-2H3;3-10H,1-2H3;3-4,9-10H,5-8H2,1-2H3;5-6,9-10H,3-4,7-8H2,1-2H3;6-7,9-10H,3-5,8H2,1-2H3;3-8H,1-2H3/b4-3+;2*5-4+;2*11-9+;3*9-8+;4-3+;6-5+;7-6+;4-3+. The van der Waals surface area contributed by atoms with E-state index in [0.29, 0.717) is 89.1 Å². The normalized spacial score (nSPS) is 18.8. The van der Waals surface area contributed by atoms with Crippen molar-refractivity contribution in [3.05, 3.63) is 294 Å². The van der Waals surface area contributed by atoms with Crippen LogP contribution in [0.2, 0.25) is 0 Å². The molecule has 1 aromatic heterocycles. The van der Waals surface area contributed by atoms with Gasteiger partial charge in [-0.2, -0.15) is 13.2 Å². The quantitative estimate of drug-likeness (QED) is 0.0542. The lowest BCUT2D eigenvalue weighted by Gasteiger charge is -2.29. The summed E-state index contributed by atoms with van der Waals surface area (Å²) in [5.74, 6) is 11.8. The summed E-state index contributed by atoms with van der Waals surface area (Å²) in [7, 11) is 1.83. The van der Waals surface area contributed by atoms with E-state index in [1.54, 1.807) is 25.0 Å². The van der Waals surface area contributed by atoms with Gasteiger partial charge < -0.3 is 28.3 Å². The van der Waals surface area contributed by atoms with Gasteiger partial charge in [0.1, 0.15) is 0 Å². The van der Waals surface area contributed by atoms with Crippen molar-refractivity contribution in [2.24, 2.45) is 101 Å². The van der Waals surface area contributed by atoms with Crippen molar-refractivity contribution in [3.8, 4) is 0 Å². The molecule has 2 unspecified atom stereocenters. The van der Waals surface area contributed by atoms with Gasteiger partial charge in [-0.3, -0.25) is 4.79 Å². The Labute approximate surface area is 870 Å². The molecule has 2 saturated carbocycles. The van der Waals surface area contributed by atoms with E-state index in [9.17, 15) is 18.0 Å². The van der Waals surface area contributed by atoms with Gasteiger partial charge in [-0.15, -0.1) is 0 Å². The molecule has 796 valence electrons. The van der Waals surface area contributed by atoms with Gasteiger partial charge in [-0.1, -0.05) is 439 Å². The summed E-state index contributed by atoms with van der Waals surface area (Å²) in [6, 6.07) is 38.4. The molecule has 7 aliphatic rings. The van der Waals surface area contributed by atoms with Crippen LogP contribution in [0.3, 0.4) is 0 Å². The molecule has 5 heterocycles. The largest absolute Gasteiger partial charge is 0.472 e. The summed E-state index contributed by atoms with van der Waals surface area (Å²) < 4.78 is 63.1. The first kappa shape index (κ1) is 132. The number of piperidine rings is 1. The van der Waals surface area contributed by atoms with Crippen molar-refractivity contribution in [1.82, 2.24) is 4.90 Å². The van der Waals surface area contributed by atoms with Gasteiger partial charge in [0.2, 0.25) is 5.91 Å². The molecule has 7 nitrogen and oxygen atoms in total. The fraction of sp³-hybridized carbons (Fsp3) is 0.583. The van der Waals surface area contributed by atoms with E-state index >= 15 is 0 Å². The number of hydrogen-bond acceptors (Lipinski definition) is 6. The summed E-state index contributed by atoms with van der Waals surface area (Å²) in [5, 5.41) is 0. The zero-order chi connectivity index (χ0) is 106. The van der Waals surface area contributed by atoms with E-state index in [-0.39, 0.29) is 5.91 Å². The van der Waals surface area contributed by atoms with Crippen molar-refractivity contribution < 1.29 is 41.3 Å². The number of allylic oxidation sites excluding steroid dienone is 20. The Morgan fingerprint density at radius 2 is 0.803 bits per heavy atom. The number of likely N-dealkylation sites (tertiary alicyclic amines) is 1. The number of furan rings is 1. The van der Waals surface area contributed by atoms with E-state index in [2.05, 4.69) is 367 Å². The molecule has 2 atom stereocenters. The average molecular weight is 1960 g/mol. The van der Waals surface area contributed by atoms with E-state index in [1.807, 2.05) is 62.3 Å². The molecule has 3 aliphatic carbocycles. The Hall–Kier alpha value is -8.12. The second-order valence-corrected chi connectivity index (χ2v) is 43.6. The number of carbonyl (C=O) groups is 1. The number of carbonyl (C=O) groups excluding carboxylic acids is 1. The summed E-state index contributed by atoms with van der Waals surface area (Å²) in [6.45, 7) is 65.2. The lowest BCUT2D eigenvalue weighted by atomic mass is 9.86. The van der Waals surface area contributed by atoms with E-state index in [1.165, 1.54) is 168 Å². The van der Waals surface area contributed by atoms with Crippen LogP contribution in [-0.4, -0.2) is 76.2 Å². The van der Waals surface area contributed by atoms with Gasteiger partial charge >= 0.3 is 6.18 Å². The van der Waals surface area contributed by atoms with Gasteiger partial charge in [0.15, 0.2) is 0 Å². The predicted molar refractivity (Wildman–Crippen MR) is 617 cm³/mol. The molecule has 0 spiro atoms. The Balaban J connectivity index is 0.000000776. The first-order valence-corrected chi connectivity index (χ1v) is 55.4. The SMILES string of the molecule is C/C(=C\C(C)C)c1ccccc1.C/C(=C\c1ccccc1)C(C)C.CC(=O)N1CCC(/C=C/C(C)C)CC1.CC(C)/C=C/C1=CCCCC1.CC(C)/C=C/C1CCCCC1.CC(C)/C=C/C1CCCCO1.CC(C)/C=C/C1CCCOC1.CC(C)/C=C/C1CCOCC1.CC(C)/C=C/c1ccc(C(F)(F)F)cc1.CC(C)/C=C/c1ccccc1.CC(C)/C=C/c1ccoc1.COC1CCC(/C=C/C(C)C)CC1. The number of methoxy groups -OCH3 is 1. The van der Waals surface area contributed by atoms with E-state index < -0.39 is 11.7 Å². The third-order valence-corrected chi connectivity index (χ3v) is 24.5. The van der Waals surface area contributed by atoms with Crippen molar-refractivity contribution in [2.45, 2.75) is 347 Å². The molecule has 12 rings (SSSR count). The fourth-order valence-electron chi connectivity index (χ4n) is 15.5. The van der Waals surface area contributed by atoms with Crippen molar-refractivity contribution in [3.63, 3.8) is 0 Å². The summed E-state index contributed by atoms with van der Waals surface area (Å²) in [4.78, 5) is 13.0. The number of nitrogens with zero attached hydrogens (tertiary/aromatic N) is 1. The lowest BCUT2D eigenvalue weighted by Crippen LogP contribution is -2.36. The highest BCUT2D eigenvalue weighted by molar-refractivity contribution is 5.73. The van der Waals surface area contributed by atoms with Crippen LogP contribution in [0.5, 0.6) is 0 Å². The van der Waals surface area contributed by atoms with E-state index in [4.69, 9.17) is 23.4 Å². The Morgan fingerprint density at radius 3 is 1.21 bits per heavy atom. The van der Waals surface area contributed by atoms with Gasteiger partial charge in [-0.05, 0) is 277 Å². The molecule has 4 aromatic carbocycles. The number of rotatable bonds is 25. The Kier molecular flexibility index (Phi) is 77.1. The topological polar surface area (TPSA) is 70.4 Å². The number of amides is 1. The minimum absolute atomic E-state index is 0.219. The molecule has 4 aliphatic heterocycles. The maximum Gasteiger partial charge on any atom is 0.416 e. The number of hydrogen-bond donors (Lipinski definition) is 0. The highest BCUT2D eigenvalue weighted by Crippen LogP contribution is 2.32. The average Bonchev–Trinajstić information content (AvgIpc) is 0.981. The second kappa shape index (κ2) is 83.0. The Bertz CT molecular complexity index is 4080. The number of alkyl halides is 3. The van der Waals surface area contributed by atoms with Crippen LogP contribution >= 0.6 is 0 Å². The van der Waals surface area contributed by atoms with Gasteiger partial charge in [0, 0.05) is 65.0 Å². The fourth-order valence-corrected chi connectivity index (χ4v) is 15.5. The van der Waals surface area contributed by atoms with Crippen LogP contribution in [-0.2, 0) is 29.9 Å². The summed E-state index contributed by atoms with van der Waals surface area (Å²) in [5.41, 5.74) is 9.56. The number of benzene rings is 4. The monoisotopic (exact) mass is 1960 g/mol. The third kappa shape index (κ3) is 77.4. The molecule has 5 aromatic rings. The van der Waals surface area contributed by atoms with Crippen LogP contribution in [0.15, 0.2) is 265 Å². The molecule has 0 N–H and O–H groups in total. The van der Waals surface area contributed by atoms with Crippen molar-refractivity contribution in [1.29, 1.82) is 0 Å². The highest BCUT2D eigenvalue weighted by atomic mass is 19.4. The van der Waals surface area contributed by atoms with Crippen LogP contribution < -0.4 is 0 Å². The second-order valence-electron chi connectivity index (χ2n) is 43.6. The third-order valence-electron chi connectivity index (χ3n) is 24.5. The Morgan fingerprint density at radius 1 is 0.380 bits per heavy atom. The smallest absolute Gasteiger partial charge is 0.416 e. The van der Waals surface area contributed by atoms with Crippen LogP contribution in [0.1, 0.15) is 362 Å². The molecule has 4 saturated heterocycles. The predicted octanol–water partition coefficient (Wildman–Crippen LogP) is 39.5. The maximum atomic E-state index is 12.2. The zero-order valence-electron chi connectivity index (χ0n) is 95.0. The van der Waals surface area contributed by atoms with Crippen LogP contribution in [0.25, 0.3) is 29.9 Å². The number of ether oxygens (including phenoxy) is 4. The molecule has 0 radical (unpaired) electrons. The number of halogens is 3. The molecular weight excluding hydrogens is 1750 g/mol. The summed E-state index contributed by atoms with van der Waals surface area (Å²) >= 11 is 0. The maximum absolute atomic E-state index is 12.2. The highest BCUT2D eigenvalue weighted by Gasteiger charge is 2.30. The van der Waals surface area contributed by atoms with Gasteiger partial charge in [-0.25, -0.2) is 0 Å². The molecule has 0 bridgehead atoms. The van der Waals surface area contributed by atoms with Gasteiger partial charge in [0.05, 0.1) is 36.9 Å². The van der Waals surface area contributed by atoms with Gasteiger partial charge in [0.25, 0.3) is 0 Å². The lowest BCUT2D eigenvalue weighted by molar-refractivity contribution is -0.137. The first-order valence-electron chi connectivity index (χ1n) is 55.4. The first-order chi connectivity index (χ1) is 67.6. The molecule has 6 fully saturated rings. The van der Waals surface area contributed by atoms with Crippen LogP contribution in [0, 0.1) is 101 Å². The molecule has 1 amide bonds.